The smallest absolute Gasteiger partial charge is 0.272 e. The summed E-state index contributed by atoms with van der Waals surface area (Å²) in [7, 11) is 0. The van der Waals surface area contributed by atoms with Crippen LogP contribution in [0.3, 0.4) is 0 Å². The summed E-state index contributed by atoms with van der Waals surface area (Å²) in [6.45, 7) is 3.74. The van der Waals surface area contributed by atoms with Gasteiger partial charge >= 0.3 is 0 Å². The number of carbonyl (C=O) groups is 1. The van der Waals surface area contributed by atoms with Gasteiger partial charge in [-0.15, -0.1) is 0 Å². The van der Waals surface area contributed by atoms with Gasteiger partial charge in [-0.25, -0.2) is 0 Å². The molecule has 0 radical (unpaired) electrons. The van der Waals surface area contributed by atoms with Gasteiger partial charge in [-0.1, -0.05) is 0 Å². The van der Waals surface area contributed by atoms with Crippen molar-refractivity contribution in [3.05, 3.63) is 22.4 Å². The summed E-state index contributed by atoms with van der Waals surface area (Å²) in [5.74, 6) is -0.308. The highest BCUT2D eigenvalue weighted by Gasteiger charge is 2.20. The number of nitriles is 2. The van der Waals surface area contributed by atoms with Crippen LogP contribution in [0.5, 0.6) is 0 Å². The zero-order valence-electron chi connectivity index (χ0n) is 10.2. The number of halogens is 1. The summed E-state index contributed by atoms with van der Waals surface area (Å²) in [5, 5.41) is 17.3. The van der Waals surface area contributed by atoms with Crippen LogP contribution in [0.2, 0.25) is 0 Å². The van der Waals surface area contributed by atoms with Crippen LogP contribution in [0.25, 0.3) is 0 Å². The largest absolute Gasteiger partial charge is 0.340 e. The summed E-state index contributed by atoms with van der Waals surface area (Å²) in [6, 6.07) is 5.61. The number of hydrogen-bond acceptors (Lipinski definition) is 3. The van der Waals surface area contributed by atoms with Crippen molar-refractivity contribution < 1.29 is 4.79 Å². The number of rotatable bonds is 4. The monoisotopic (exact) mass is 308 g/mol. The van der Waals surface area contributed by atoms with Crippen molar-refractivity contribution in [1.29, 1.82) is 10.5 Å². The minimum atomic E-state index is -0.308. The fourth-order valence-electron chi connectivity index (χ4n) is 1.58. The van der Waals surface area contributed by atoms with Crippen LogP contribution in [0.4, 0.5) is 0 Å². The van der Waals surface area contributed by atoms with Gasteiger partial charge in [-0.3, -0.25) is 4.79 Å². The maximum Gasteiger partial charge on any atom is 0.272 e. The van der Waals surface area contributed by atoms with Crippen molar-refractivity contribution in [2.75, 3.05) is 13.1 Å². The highest BCUT2D eigenvalue weighted by atomic mass is 79.9. The zero-order chi connectivity index (χ0) is 13.7. The van der Waals surface area contributed by atoms with Gasteiger partial charge in [0.15, 0.2) is 0 Å². The van der Waals surface area contributed by atoms with E-state index in [9.17, 15) is 4.79 Å². The number of amides is 1. The first-order valence-corrected chi connectivity index (χ1v) is 6.21. The molecule has 1 amide bonds. The first-order chi connectivity index (χ1) is 8.51. The molecule has 0 atom stereocenters. The molecule has 94 valence electrons. The average molecular weight is 309 g/mol. The summed E-state index contributed by atoms with van der Waals surface area (Å²) >= 11 is 3.33. The first kappa shape index (κ1) is 14.3. The second-order valence-corrected chi connectivity index (χ2v) is 4.94. The van der Waals surface area contributed by atoms with E-state index >= 15 is 0 Å². The molecule has 1 rings (SSSR count). The summed E-state index contributed by atoms with van der Waals surface area (Å²) < 4.78 is 2.61. The fourth-order valence-corrected chi connectivity index (χ4v) is 2.01. The predicted octanol–water partition coefficient (Wildman–Crippen LogP) is 2.32. The average Bonchev–Trinajstić information content (AvgIpc) is 2.70. The van der Waals surface area contributed by atoms with E-state index in [0.29, 0.717) is 5.69 Å². The molecule has 0 spiro atoms. The lowest BCUT2D eigenvalue weighted by atomic mass is 10.3. The first-order valence-electron chi connectivity index (χ1n) is 5.41. The van der Waals surface area contributed by atoms with Crippen molar-refractivity contribution in [2.45, 2.75) is 19.9 Å². The van der Waals surface area contributed by atoms with Crippen LogP contribution in [0, 0.1) is 22.7 Å². The lowest BCUT2D eigenvalue weighted by Gasteiger charge is -2.18. The van der Waals surface area contributed by atoms with Crippen LogP contribution in [-0.4, -0.2) is 28.5 Å². The zero-order valence-corrected chi connectivity index (χ0v) is 11.8. The molecule has 0 bridgehead atoms. The molecule has 6 heteroatoms. The Morgan fingerprint density at radius 2 is 2.00 bits per heavy atom. The van der Waals surface area contributed by atoms with Crippen molar-refractivity contribution >= 4 is 21.8 Å². The van der Waals surface area contributed by atoms with Crippen molar-refractivity contribution in [1.82, 2.24) is 9.47 Å². The van der Waals surface area contributed by atoms with Crippen LogP contribution in [-0.2, 0) is 0 Å². The SMILES string of the molecule is CC(C)n1cc(Br)cc1C(=O)N(CC#N)CC#N. The fraction of sp³-hybridized carbons (Fsp3) is 0.417. The topological polar surface area (TPSA) is 72.8 Å². The third-order valence-corrected chi connectivity index (χ3v) is 2.83. The third-order valence-electron chi connectivity index (χ3n) is 2.40. The Balaban J connectivity index is 3.09. The van der Waals surface area contributed by atoms with Gasteiger partial charge in [0.1, 0.15) is 18.8 Å². The maximum absolute atomic E-state index is 12.2. The van der Waals surface area contributed by atoms with Crippen LogP contribution >= 0.6 is 15.9 Å². The molecule has 0 unspecified atom stereocenters. The van der Waals surface area contributed by atoms with Gasteiger partial charge in [0.25, 0.3) is 5.91 Å². The standard InChI is InChI=1S/C12H13BrN4O/c1-9(2)17-8-10(13)7-11(17)12(18)16(5-3-14)6-4-15/h7-9H,5-6H2,1-2H3. The Labute approximate surface area is 114 Å². The van der Waals surface area contributed by atoms with Gasteiger partial charge in [-0.05, 0) is 35.8 Å². The summed E-state index contributed by atoms with van der Waals surface area (Å²) in [5.41, 5.74) is 0.474. The molecule has 0 N–H and O–H groups in total. The molecule has 1 aromatic heterocycles. The second-order valence-electron chi connectivity index (χ2n) is 4.02. The molecular weight excluding hydrogens is 296 g/mol. The number of aromatic nitrogens is 1. The Bertz CT molecular complexity index is 505. The lowest BCUT2D eigenvalue weighted by Crippen LogP contribution is -2.33. The molecule has 0 aliphatic carbocycles. The number of nitrogens with zero attached hydrogens (tertiary/aromatic N) is 4. The van der Waals surface area contributed by atoms with Crippen LogP contribution in [0.15, 0.2) is 16.7 Å². The van der Waals surface area contributed by atoms with Crippen LogP contribution < -0.4 is 0 Å². The van der Waals surface area contributed by atoms with E-state index in [1.54, 1.807) is 6.07 Å². The van der Waals surface area contributed by atoms with Crippen molar-refractivity contribution in [2.24, 2.45) is 0 Å². The van der Waals surface area contributed by atoms with E-state index in [-0.39, 0.29) is 25.0 Å². The lowest BCUT2D eigenvalue weighted by molar-refractivity contribution is 0.0782. The molecular formula is C12H13BrN4O. The van der Waals surface area contributed by atoms with Gasteiger partial charge in [0.2, 0.25) is 0 Å². The maximum atomic E-state index is 12.2. The molecule has 0 fully saturated rings. The van der Waals surface area contributed by atoms with E-state index in [1.807, 2.05) is 36.7 Å². The van der Waals surface area contributed by atoms with Gasteiger partial charge < -0.3 is 9.47 Å². The van der Waals surface area contributed by atoms with E-state index in [4.69, 9.17) is 10.5 Å². The Hall–Kier alpha value is -1.79. The van der Waals surface area contributed by atoms with Gasteiger partial charge in [0, 0.05) is 16.7 Å². The van der Waals surface area contributed by atoms with E-state index in [1.165, 1.54) is 4.90 Å². The molecule has 18 heavy (non-hydrogen) atoms. The summed E-state index contributed by atoms with van der Waals surface area (Å²) in [4.78, 5) is 13.5. The highest BCUT2D eigenvalue weighted by Crippen LogP contribution is 2.20. The Morgan fingerprint density at radius 1 is 1.44 bits per heavy atom. The van der Waals surface area contributed by atoms with E-state index in [2.05, 4.69) is 15.9 Å². The quantitative estimate of drug-likeness (QED) is 0.801. The molecule has 1 heterocycles. The molecule has 0 aliphatic rings. The molecule has 1 aromatic rings. The number of carbonyl (C=O) groups excluding carboxylic acids is 1. The van der Waals surface area contributed by atoms with E-state index < -0.39 is 0 Å². The molecule has 0 saturated heterocycles. The Kier molecular flexibility index (Phi) is 4.94. The van der Waals surface area contributed by atoms with Crippen molar-refractivity contribution in [3.8, 4) is 12.1 Å². The molecule has 0 aliphatic heterocycles. The second kappa shape index (κ2) is 6.23. The normalized spacial score (nSPS) is 9.89. The highest BCUT2D eigenvalue weighted by molar-refractivity contribution is 9.10. The Morgan fingerprint density at radius 3 is 2.44 bits per heavy atom. The molecule has 0 saturated carbocycles. The molecule has 0 aromatic carbocycles. The van der Waals surface area contributed by atoms with Crippen molar-refractivity contribution in [3.63, 3.8) is 0 Å². The molecule has 5 nitrogen and oxygen atoms in total. The predicted molar refractivity (Wildman–Crippen MR) is 69.6 cm³/mol. The minimum Gasteiger partial charge on any atom is -0.340 e. The summed E-state index contributed by atoms with van der Waals surface area (Å²) in [6.07, 6.45) is 1.81. The van der Waals surface area contributed by atoms with Crippen LogP contribution in [0.1, 0.15) is 30.4 Å². The van der Waals surface area contributed by atoms with E-state index in [0.717, 1.165) is 4.47 Å². The van der Waals surface area contributed by atoms with Gasteiger partial charge in [0.05, 0.1) is 12.1 Å². The minimum absolute atomic E-state index is 0.0900. The number of hydrogen-bond donors (Lipinski definition) is 0. The third kappa shape index (κ3) is 3.12. The van der Waals surface area contributed by atoms with Gasteiger partial charge in [-0.2, -0.15) is 10.5 Å².